The van der Waals surface area contributed by atoms with Crippen LogP contribution in [0.25, 0.3) is 0 Å². The number of rotatable bonds is 6. The first kappa shape index (κ1) is 17.8. The minimum absolute atomic E-state index is 0.0327. The number of alkyl halides is 3. The Bertz CT molecular complexity index is 553. The van der Waals surface area contributed by atoms with Gasteiger partial charge in [-0.25, -0.2) is 0 Å². The van der Waals surface area contributed by atoms with Crippen LogP contribution in [0.5, 0.6) is 0 Å². The van der Waals surface area contributed by atoms with E-state index in [1.165, 1.54) is 6.07 Å². The number of carbonyl (C=O) groups excluding carboxylic acids is 1. The van der Waals surface area contributed by atoms with Crippen molar-refractivity contribution >= 4 is 5.91 Å². The first-order valence-electron chi connectivity index (χ1n) is 7.94. The summed E-state index contributed by atoms with van der Waals surface area (Å²) in [6, 6.07) is 4.93. The second kappa shape index (κ2) is 6.91. The van der Waals surface area contributed by atoms with Gasteiger partial charge in [0.15, 0.2) is 0 Å². The van der Waals surface area contributed by atoms with Crippen LogP contribution in [-0.4, -0.2) is 22.9 Å². The van der Waals surface area contributed by atoms with E-state index in [4.69, 9.17) is 5.73 Å². The number of carbonyl (C=O) groups is 1. The Hall–Kier alpha value is -1.56. The van der Waals surface area contributed by atoms with Gasteiger partial charge in [0.1, 0.15) is 0 Å². The summed E-state index contributed by atoms with van der Waals surface area (Å²) < 4.78 is 38.6. The molecule has 0 aliphatic heterocycles. The molecule has 0 aromatic heterocycles. The van der Waals surface area contributed by atoms with Crippen molar-refractivity contribution < 1.29 is 18.0 Å². The molecule has 1 saturated carbocycles. The fraction of sp³-hybridized carbons (Fsp3) is 0.588. The molecular formula is C17H23F3N2O. The highest BCUT2D eigenvalue weighted by Gasteiger charge is 2.37. The standard InChI is InChI=1S/C17H23F3N2O/c1-11(21)6-9-16(23)22(15-7-8-15)12(2)13-4-3-5-14(10-13)17(18,19)20/h3-5,10-12,15H,6-9,21H2,1-2H3. The molecule has 1 aromatic rings. The Labute approximate surface area is 134 Å². The summed E-state index contributed by atoms with van der Waals surface area (Å²) in [5.41, 5.74) is 5.53. The number of hydrogen-bond donors (Lipinski definition) is 1. The molecule has 1 aliphatic carbocycles. The van der Waals surface area contributed by atoms with Crippen molar-refractivity contribution in [3.05, 3.63) is 35.4 Å². The van der Waals surface area contributed by atoms with Gasteiger partial charge in [0.25, 0.3) is 0 Å². The molecule has 1 amide bonds. The Morgan fingerprint density at radius 3 is 2.52 bits per heavy atom. The van der Waals surface area contributed by atoms with Gasteiger partial charge < -0.3 is 10.6 Å². The van der Waals surface area contributed by atoms with Crippen LogP contribution in [0, 0.1) is 0 Å². The minimum atomic E-state index is -4.38. The molecule has 3 nitrogen and oxygen atoms in total. The zero-order chi connectivity index (χ0) is 17.2. The molecule has 2 atom stereocenters. The van der Waals surface area contributed by atoms with Gasteiger partial charge >= 0.3 is 6.18 Å². The molecule has 6 heteroatoms. The molecule has 1 aliphatic rings. The Kier molecular flexibility index (Phi) is 5.34. The van der Waals surface area contributed by atoms with E-state index in [1.807, 2.05) is 6.92 Å². The summed E-state index contributed by atoms with van der Waals surface area (Å²) in [5, 5.41) is 0. The predicted molar refractivity (Wildman–Crippen MR) is 82.6 cm³/mol. The molecule has 1 fully saturated rings. The SMILES string of the molecule is CC(N)CCC(=O)N(C1CC1)C(C)c1cccc(C(F)(F)F)c1. The maximum atomic E-state index is 12.9. The third-order valence-corrected chi connectivity index (χ3v) is 4.16. The van der Waals surface area contributed by atoms with Gasteiger partial charge in [-0.2, -0.15) is 13.2 Å². The second-order valence-corrected chi connectivity index (χ2v) is 6.35. The third-order valence-electron chi connectivity index (χ3n) is 4.16. The Balaban J connectivity index is 2.18. The average molecular weight is 328 g/mol. The van der Waals surface area contributed by atoms with Crippen molar-refractivity contribution in [2.24, 2.45) is 5.73 Å². The highest BCUT2D eigenvalue weighted by molar-refractivity contribution is 5.77. The summed E-state index contributed by atoms with van der Waals surface area (Å²) >= 11 is 0. The molecule has 0 saturated heterocycles. The predicted octanol–water partition coefficient (Wildman–Crippen LogP) is 3.88. The van der Waals surface area contributed by atoms with Gasteiger partial charge in [0.05, 0.1) is 11.6 Å². The van der Waals surface area contributed by atoms with Crippen LogP contribution in [-0.2, 0) is 11.0 Å². The highest BCUT2D eigenvalue weighted by Crippen LogP contribution is 2.37. The Morgan fingerprint density at radius 1 is 1.35 bits per heavy atom. The minimum Gasteiger partial charge on any atom is -0.333 e. The van der Waals surface area contributed by atoms with Gasteiger partial charge in [-0.1, -0.05) is 12.1 Å². The molecule has 2 N–H and O–H groups in total. The quantitative estimate of drug-likeness (QED) is 0.861. The van der Waals surface area contributed by atoms with Gasteiger partial charge in [-0.15, -0.1) is 0 Å². The van der Waals surface area contributed by atoms with Crippen molar-refractivity contribution in [3.8, 4) is 0 Å². The summed E-state index contributed by atoms with van der Waals surface area (Å²) in [7, 11) is 0. The second-order valence-electron chi connectivity index (χ2n) is 6.35. The number of nitrogens with zero attached hydrogens (tertiary/aromatic N) is 1. The molecule has 1 aromatic carbocycles. The zero-order valence-corrected chi connectivity index (χ0v) is 13.4. The molecule has 128 valence electrons. The van der Waals surface area contributed by atoms with Gasteiger partial charge in [-0.05, 0) is 50.8 Å². The van der Waals surface area contributed by atoms with E-state index in [0.29, 0.717) is 18.4 Å². The Morgan fingerprint density at radius 2 is 2.00 bits per heavy atom. The molecular weight excluding hydrogens is 305 g/mol. The maximum Gasteiger partial charge on any atom is 0.416 e. The largest absolute Gasteiger partial charge is 0.416 e. The number of hydrogen-bond acceptors (Lipinski definition) is 2. The molecule has 0 heterocycles. The van der Waals surface area contributed by atoms with Crippen LogP contribution in [0.15, 0.2) is 24.3 Å². The van der Waals surface area contributed by atoms with E-state index >= 15 is 0 Å². The van der Waals surface area contributed by atoms with Gasteiger partial charge in [-0.3, -0.25) is 4.79 Å². The van der Waals surface area contributed by atoms with Crippen LogP contribution in [0.2, 0.25) is 0 Å². The monoisotopic (exact) mass is 328 g/mol. The number of nitrogens with two attached hydrogens (primary N) is 1. The van der Waals surface area contributed by atoms with Crippen molar-refractivity contribution in [1.29, 1.82) is 0 Å². The molecule has 23 heavy (non-hydrogen) atoms. The van der Waals surface area contributed by atoms with E-state index in [2.05, 4.69) is 0 Å². The van der Waals surface area contributed by atoms with Crippen molar-refractivity contribution in [2.75, 3.05) is 0 Å². The molecule has 2 unspecified atom stereocenters. The van der Waals surface area contributed by atoms with Crippen molar-refractivity contribution in [3.63, 3.8) is 0 Å². The average Bonchev–Trinajstić information content (AvgIpc) is 3.29. The summed E-state index contributed by atoms with van der Waals surface area (Å²) in [6.07, 6.45) is -1.64. The lowest BCUT2D eigenvalue weighted by molar-refractivity contribution is -0.137. The molecule has 2 rings (SSSR count). The lowest BCUT2D eigenvalue weighted by Crippen LogP contribution is -2.36. The van der Waals surface area contributed by atoms with Crippen LogP contribution in [0.1, 0.15) is 56.7 Å². The lowest BCUT2D eigenvalue weighted by atomic mass is 10.0. The zero-order valence-electron chi connectivity index (χ0n) is 13.4. The third kappa shape index (κ3) is 4.70. The van der Waals surface area contributed by atoms with Crippen molar-refractivity contribution in [1.82, 2.24) is 4.90 Å². The van der Waals surface area contributed by atoms with Gasteiger partial charge in [0.2, 0.25) is 5.91 Å². The smallest absolute Gasteiger partial charge is 0.333 e. The van der Waals surface area contributed by atoms with E-state index in [-0.39, 0.29) is 24.0 Å². The molecule has 0 spiro atoms. The van der Waals surface area contributed by atoms with E-state index in [9.17, 15) is 18.0 Å². The summed E-state index contributed by atoms with van der Waals surface area (Å²) in [4.78, 5) is 14.2. The summed E-state index contributed by atoms with van der Waals surface area (Å²) in [5.74, 6) is -0.0327. The fourth-order valence-electron chi connectivity index (χ4n) is 2.70. The van der Waals surface area contributed by atoms with Crippen LogP contribution in [0.3, 0.4) is 0 Å². The molecule has 0 radical (unpaired) electrons. The highest BCUT2D eigenvalue weighted by atomic mass is 19.4. The van der Waals surface area contributed by atoms with Crippen LogP contribution in [0.4, 0.5) is 13.2 Å². The summed E-state index contributed by atoms with van der Waals surface area (Å²) in [6.45, 7) is 3.63. The lowest BCUT2D eigenvalue weighted by Gasteiger charge is -2.30. The first-order chi connectivity index (χ1) is 10.7. The van der Waals surface area contributed by atoms with E-state index < -0.39 is 11.7 Å². The van der Waals surface area contributed by atoms with Crippen LogP contribution < -0.4 is 5.73 Å². The maximum absolute atomic E-state index is 12.9. The molecule has 0 bridgehead atoms. The van der Waals surface area contributed by atoms with Crippen LogP contribution >= 0.6 is 0 Å². The fourth-order valence-corrected chi connectivity index (χ4v) is 2.70. The van der Waals surface area contributed by atoms with Gasteiger partial charge in [0, 0.05) is 18.5 Å². The first-order valence-corrected chi connectivity index (χ1v) is 7.94. The number of amides is 1. The van der Waals surface area contributed by atoms with Crippen molar-refractivity contribution in [2.45, 2.75) is 63.8 Å². The van der Waals surface area contributed by atoms with E-state index in [0.717, 1.165) is 25.0 Å². The topological polar surface area (TPSA) is 46.3 Å². The normalized spacial score (nSPS) is 17.7. The number of benzene rings is 1. The van der Waals surface area contributed by atoms with E-state index in [1.54, 1.807) is 17.9 Å². The number of halogens is 3.